The smallest absolute Gasteiger partial charge is 0.267 e. The highest BCUT2D eigenvalue weighted by Crippen LogP contribution is 2.27. The number of carbonyl (C=O) groups excluding carboxylic acids is 1. The number of anilines is 1. The molecule has 1 heterocycles. The van der Waals surface area contributed by atoms with Crippen LogP contribution in [0.4, 0.5) is 10.1 Å². The van der Waals surface area contributed by atoms with Crippen molar-refractivity contribution in [3.05, 3.63) is 73.4 Å². The van der Waals surface area contributed by atoms with Crippen molar-refractivity contribution in [1.29, 1.82) is 0 Å². The molecule has 134 valence electrons. The van der Waals surface area contributed by atoms with Gasteiger partial charge in [0.1, 0.15) is 28.1 Å². The molecule has 4 nitrogen and oxygen atoms in total. The molecule has 0 spiro atoms. The van der Waals surface area contributed by atoms with Gasteiger partial charge in [0.25, 0.3) is 5.91 Å². The van der Waals surface area contributed by atoms with Crippen molar-refractivity contribution in [1.82, 2.24) is 4.98 Å². The Hall–Kier alpha value is -1.96. The van der Waals surface area contributed by atoms with E-state index in [-0.39, 0.29) is 18.3 Å². The van der Waals surface area contributed by atoms with Crippen molar-refractivity contribution in [2.24, 2.45) is 0 Å². The van der Waals surface area contributed by atoms with E-state index < -0.39 is 0 Å². The third-order valence-electron chi connectivity index (χ3n) is 3.40. The fourth-order valence-corrected chi connectivity index (χ4v) is 3.76. The number of thiazole rings is 1. The van der Waals surface area contributed by atoms with Gasteiger partial charge in [0.2, 0.25) is 0 Å². The number of hydrogen-bond acceptors (Lipinski definition) is 4. The van der Waals surface area contributed by atoms with Gasteiger partial charge in [-0.3, -0.25) is 4.79 Å². The van der Waals surface area contributed by atoms with Crippen LogP contribution in [-0.4, -0.2) is 10.9 Å². The number of rotatable bonds is 5. The first-order chi connectivity index (χ1) is 12.4. The third-order valence-corrected chi connectivity index (χ3v) is 5.34. The molecule has 1 N–H and O–H groups in total. The lowest BCUT2D eigenvalue weighted by Gasteiger charge is -2.06. The Morgan fingerprint density at radius 3 is 2.73 bits per heavy atom. The molecule has 0 radical (unpaired) electrons. The van der Waals surface area contributed by atoms with Crippen molar-refractivity contribution >= 4 is 50.5 Å². The van der Waals surface area contributed by atoms with E-state index in [1.54, 1.807) is 37.3 Å². The average molecular weight is 456 g/mol. The maximum atomic E-state index is 12.9. The second-order valence-corrected chi connectivity index (χ2v) is 7.75. The molecular formula is C18H13BrClFN2O2S. The lowest BCUT2D eigenvalue weighted by Crippen LogP contribution is -2.11. The van der Waals surface area contributed by atoms with Crippen LogP contribution < -0.4 is 10.1 Å². The number of nitrogens with one attached hydrogen (secondary N) is 1. The van der Waals surface area contributed by atoms with E-state index in [1.165, 1.54) is 23.5 Å². The predicted octanol–water partition coefficient (Wildman–Crippen LogP) is 5.84. The fraction of sp³-hybridized carbons (Fsp3) is 0.111. The molecule has 0 aliphatic carbocycles. The molecule has 8 heteroatoms. The number of aromatic nitrogens is 1. The maximum Gasteiger partial charge on any atom is 0.267 e. The summed E-state index contributed by atoms with van der Waals surface area (Å²) in [6.45, 7) is 1.96. The Morgan fingerprint density at radius 1 is 1.31 bits per heavy atom. The number of amides is 1. The SMILES string of the molecule is Cc1nc(COc2ccc(F)cc2)sc1C(=O)Nc1ccc(Br)cc1Cl. The Balaban J connectivity index is 1.68. The van der Waals surface area contributed by atoms with Gasteiger partial charge in [-0.1, -0.05) is 27.5 Å². The Bertz CT molecular complexity index is 947. The quantitative estimate of drug-likeness (QED) is 0.526. The van der Waals surface area contributed by atoms with E-state index in [0.717, 1.165) is 4.47 Å². The largest absolute Gasteiger partial charge is 0.486 e. The van der Waals surface area contributed by atoms with Crippen LogP contribution >= 0.6 is 38.9 Å². The summed E-state index contributed by atoms with van der Waals surface area (Å²) < 4.78 is 19.3. The molecule has 3 aromatic rings. The molecule has 2 aromatic carbocycles. The monoisotopic (exact) mass is 454 g/mol. The zero-order valence-corrected chi connectivity index (χ0v) is 16.7. The molecule has 0 aliphatic heterocycles. The van der Waals surface area contributed by atoms with Gasteiger partial charge >= 0.3 is 0 Å². The maximum absolute atomic E-state index is 12.9. The van der Waals surface area contributed by atoms with Crippen LogP contribution in [0.25, 0.3) is 0 Å². The lowest BCUT2D eigenvalue weighted by atomic mass is 10.3. The number of aryl methyl sites for hydroxylation is 1. The zero-order chi connectivity index (χ0) is 18.7. The minimum absolute atomic E-state index is 0.198. The normalized spacial score (nSPS) is 10.6. The van der Waals surface area contributed by atoms with E-state index in [9.17, 15) is 9.18 Å². The van der Waals surface area contributed by atoms with Crippen molar-refractivity contribution in [3.8, 4) is 5.75 Å². The van der Waals surface area contributed by atoms with E-state index in [2.05, 4.69) is 26.2 Å². The van der Waals surface area contributed by atoms with E-state index in [1.807, 2.05) is 0 Å². The van der Waals surface area contributed by atoms with E-state index in [4.69, 9.17) is 16.3 Å². The van der Waals surface area contributed by atoms with Crippen LogP contribution in [-0.2, 0) is 6.61 Å². The number of carbonyl (C=O) groups is 1. The van der Waals surface area contributed by atoms with E-state index >= 15 is 0 Å². The summed E-state index contributed by atoms with van der Waals surface area (Å²) in [5.74, 6) is -0.0721. The summed E-state index contributed by atoms with van der Waals surface area (Å²) in [5, 5.41) is 3.88. The summed E-state index contributed by atoms with van der Waals surface area (Å²) in [5.41, 5.74) is 1.13. The van der Waals surface area contributed by atoms with Crippen LogP contribution in [0.2, 0.25) is 5.02 Å². The molecule has 0 saturated carbocycles. The molecule has 1 amide bonds. The van der Waals surface area contributed by atoms with Crippen molar-refractivity contribution < 1.29 is 13.9 Å². The Morgan fingerprint density at radius 2 is 2.04 bits per heavy atom. The van der Waals surface area contributed by atoms with Gasteiger partial charge in [0, 0.05) is 4.47 Å². The van der Waals surface area contributed by atoms with Crippen LogP contribution in [0, 0.1) is 12.7 Å². The minimum Gasteiger partial charge on any atom is -0.486 e. The third kappa shape index (κ3) is 4.60. The van der Waals surface area contributed by atoms with Gasteiger partial charge < -0.3 is 10.1 Å². The van der Waals surface area contributed by atoms with Gasteiger partial charge in [0.05, 0.1) is 16.4 Å². The summed E-state index contributed by atoms with van der Waals surface area (Å²) >= 11 is 10.7. The second-order valence-electron chi connectivity index (χ2n) is 5.34. The molecule has 26 heavy (non-hydrogen) atoms. The van der Waals surface area contributed by atoms with Crippen LogP contribution in [0.3, 0.4) is 0 Å². The molecule has 0 aliphatic rings. The van der Waals surface area contributed by atoms with Gasteiger partial charge in [-0.2, -0.15) is 0 Å². The Labute approximate surface area is 167 Å². The fourth-order valence-electron chi connectivity index (χ4n) is 2.17. The van der Waals surface area contributed by atoms with Crippen LogP contribution in [0.1, 0.15) is 20.4 Å². The van der Waals surface area contributed by atoms with Gasteiger partial charge in [0.15, 0.2) is 0 Å². The Kier molecular flexibility index (Phi) is 5.90. The number of halogens is 3. The lowest BCUT2D eigenvalue weighted by molar-refractivity contribution is 0.103. The summed E-state index contributed by atoms with van der Waals surface area (Å²) in [4.78, 5) is 17.4. The minimum atomic E-state index is -0.326. The van der Waals surface area contributed by atoms with Gasteiger partial charge in [-0.15, -0.1) is 11.3 Å². The first-order valence-corrected chi connectivity index (χ1v) is 9.52. The van der Waals surface area contributed by atoms with Crippen LogP contribution in [0.5, 0.6) is 5.75 Å². The number of ether oxygens (including phenoxy) is 1. The molecule has 0 saturated heterocycles. The van der Waals surface area contributed by atoms with Crippen molar-refractivity contribution in [2.75, 3.05) is 5.32 Å². The molecule has 1 aromatic heterocycles. The molecular weight excluding hydrogens is 443 g/mol. The number of hydrogen-bond donors (Lipinski definition) is 1. The molecule has 0 fully saturated rings. The highest BCUT2D eigenvalue weighted by molar-refractivity contribution is 9.10. The number of benzene rings is 2. The highest BCUT2D eigenvalue weighted by Gasteiger charge is 2.17. The summed E-state index contributed by atoms with van der Waals surface area (Å²) in [6, 6.07) is 10.9. The first kappa shape index (κ1) is 18.8. The van der Waals surface area contributed by atoms with Crippen molar-refractivity contribution in [3.63, 3.8) is 0 Å². The first-order valence-electron chi connectivity index (χ1n) is 7.53. The van der Waals surface area contributed by atoms with Gasteiger partial charge in [-0.25, -0.2) is 9.37 Å². The molecule has 0 unspecified atom stereocenters. The second kappa shape index (κ2) is 8.16. The average Bonchev–Trinajstić information content (AvgIpc) is 2.98. The zero-order valence-electron chi connectivity index (χ0n) is 13.6. The summed E-state index contributed by atoms with van der Waals surface area (Å²) in [7, 11) is 0. The molecule has 3 rings (SSSR count). The van der Waals surface area contributed by atoms with E-state index in [0.29, 0.717) is 32.0 Å². The standard InChI is InChI=1S/C18H13BrClFN2O2S/c1-10-17(18(24)23-15-7-2-11(19)8-14(15)20)26-16(22-10)9-25-13-5-3-12(21)4-6-13/h2-8H,9H2,1H3,(H,23,24). The van der Waals surface area contributed by atoms with Crippen molar-refractivity contribution in [2.45, 2.75) is 13.5 Å². The topological polar surface area (TPSA) is 51.2 Å². The number of nitrogens with zero attached hydrogens (tertiary/aromatic N) is 1. The highest BCUT2D eigenvalue weighted by atomic mass is 79.9. The summed E-state index contributed by atoms with van der Waals surface area (Å²) in [6.07, 6.45) is 0. The molecule has 0 atom stereocenters. The predicted molar refractivity (Wildman–Crippen MR) is 105 cm³/mol. The van der Waals surface area contributed by atoms with Crippen LogP contribution in [0.15, 0.2) is 46.9 Å². The molecule has 0 bridgehead atoms. The van der Waals surface area contributed by atoms with Gasteiger partial charge in [-0.05, 0) is 49.4 Å².